The molecule has 2 rings (SSSR count). The Kier molecular flexibility index (Phi) is 3.76. The second kappa shape index (κ2) is 5.12. The minimum absolute atomic E-state index is 0.170. The Labute approximate surface area is 110 Å². The van der Waals surface area contributed by atoms with Gasteiger partial charge in [0.25, 0.3) is 0 Å². The van der Waals surface area contributed by atoms with Gasteiger partial charge in [-0.25, -0.2) is 0 Å². The SMILES string of the molecule is CCc1nnc(C)cc1C(N)c1ccc(Cl)s1. The fourth-order valence-corrected chi connectivity index (χ4v) is 2.81. The first kappa shape index (κ1) is 12.5. The van der Waals surface area contributed by atoms with Crippen LogP contribution in [0.25, 0.3) is 0 Å². The summed E-state index contributed by atoms with van der Waals surface area (Å²) in [5.41, 5.74) is 9.14. The Balaban J connectivity index is 2.42. The van der Waals surface area contributed by atoms with Gasteiger partial charge in [-0.15, -0.1) is 11.3 Å². The molecule has 0 radical (unpaired) electrons. The molecule has 0 saturated carbocycles. The van der Waals surface area contributed by atoms with Crippen LogP contribution in [0, 0.1) is 6.92 Å². The molecule has 2 aromatic heterocycles. The molecule has 0 fully saturated rings. The van der Waals surface area contributed by atoms with Crippen LogP contribution in [-0.2, 0) is 6.42 Å². The van der Waals surface area contributed by atoms with Gasteiger partial charge in [0, 0.05) is 4.88 Å². The zero-order valence-electron chi connectivity index (χ0n) is 9.77. The number of rotatable bonds is 3. The summed E-state index contributed by atoms with van der Waals surface area (Å²) in [5.74, 6) is 0. The summed E-state index contributed by atoms with van der Waals surface area (Å²) >= 11 is 7.44. The molecule has 0 saturated heterocycles. The summed E-state index contributed by atoms with van der Waals surface area (Å²) in [6.45, 7) is 3.97. The van der Waals surface area contributed by atoms with E-state index < -0.39 is 0 Å². The maximum absolute atomic E-state index is 6.26. The molecule has 0 aliphatic heterocycles. The summed E-state index contributed by atoms with van der Waals surface area (Å²) in [6.07, 6.45) is 0.829. The standard InChI is InChI=1S/C12H14ClN3S/c1-3-9-8(6-7(2)15-16-9)12(14)10-4-5-11(13)17-10/h4-6,12H,3,14H2,1-2H3. The van der Waals surface area contributed by atoms with Gasteiger partial charge in [0.1, 0.15) is 0 Å². The van der Waals surface area contributed by atoms with E-state index in [2.05, 4.69) is 17.1 Å². The average molecular weight is 268 g/mol. The first-order valence-electron chi connectivity index (χ1n) is 5.45. The highest BCUT2D eigenvalue weighted by atomic mass is 35.5. The molecule has 2 aromatic rings. The van der Waals surface area contributed by atoms with E-state index >= 15 is 0 Å². The molecule has 2 heterocycles. The van der Waals surface area contributed by atoms with E-state index in [0.717, 1.165) is 32.6 Å². The van der Waals surface area contributed by atoms with Crippen molar-refractivity contribution in [3.63, 3.8) is 0 Å². The fourth-order valence-electron chi connectivity index (χ4n) is 1.73. The first-order chi connectivity index (χ1) is 8.11. The number of nitrogens with zero attached hydrogens (tertiary/aromatic N) is 2. The lowest BCUT2D eigenvalue weighted by Gasteiger charge is -2.13. The predicted molar refractivity (Wildman–Crippen MR) is 71.5 cm³/mol. The van der Waals surface area contributed by atoms with Crippen molar-refractivity contribution in [3.05, 3.63) is 44.4 Å². The minimum Gasteiger partial charge on any atom is -0.320 e. The van der Waals surface area contributed by atoms with Crippen molar-refractivity contribution in [2.45, 2.75) is 26.3 Å². The van der Waals surface area contributed by atoms with Crippen molar-refractivity contribution in [1.29, 1.82) is 0 Å². The molecule has 1 atom stereocenters. The van der Waals surface area contributed by atoms with E-state index in [4.69, 9.17) is 17.3 Å². The van der Waals surface area contributed by atoms with E-state index in [9.17, 15) is 0 Å². The van der Waals surface area contributed by atoms with E-state index in [-0.39, 0.29) is 6.04 Å². The molecule has 0 aromatic carbocycles. The Hall–Kier alpha value is -0.970. The third-order valence-electron chi connectivity index (χ3n) is 2.60. The lowest BCUT2D eigenvalue weighted by molar-refractivity contribution is 0.799. The zero-order chi connectivity index (χ0) is 12.4. The van der Waals surface area contributed by atoms with Gasteiger partial charge in [-0.1, -0.05) is 18.5 Å². The Bertz CT molecular complexity index is 524. The molecule has 0 amide bonds. The normalized spacial score (nSPS) is 12.7. The van der Waals surface area contributed by atoms with Gasteiger partial charge >= 0.3 is 0 Å². The largest absolute Gasteiger partial charge is 0.320 e. The fraction of sp³-hybridized carbons (Fsp3) is 0.333. The van der Waals surface area contributed by atoms with E-state index in [1.165, 1.54) is 11.3 Å². The highest BCUT2D eigenvalue weighted by Crippen LogP contribution is 2.30. The van der Waals surface area contributed by atoms with Gasteiger partial charge in [-0.2, -0.15) is 10.2 Å². The van der Waals surface area contributed by atoms with Crippen molar-refractivity contribution in [2.24, 2.45) is 5.73 Å². The van der Waals surface area contributed by atoms with Crippen LogP contribution in [0.4, 0.5) is 0 Å². The van der Waals surface area contributed by atoms with Crippen LogP contribution in [0.15, 0.2) is 18.2 Å². The van der Waals surface area contributed by atoms with E-state index in [0.29, 0.717) is 0 Å². The molecule has 0 aliphatic carbocycles. The van der Waals surface area contributed by atoms with Crippen LogP contribution in [0.1, 0.15) is 34.8 Å². The maximum Gasteiger partial charge on any atom is 0.0931 e. The predicted octanol–water partition coefficient (Wildman–Crippen LogP) is 3.11. The quantitative estimate of drug-likeness (QED) is 0.930. The van der Waals surface area contributed by atoms with Gasteiger partial charge in [-0.05, 0) is 37.1 Å². The second-order valence-electron chi connectivity index (χ2n) is 3.86. The molecule has 0 spiro atoms. The first-order valence-corrected chi connectivity index (χ1v) is 6.65. The average Bonchev–Trinajstić information content (AvgIpc) is 2.75. The van der Waals surface area contributed by atoms with Crippen LogP contribution in [0.2, 0.25) is 4.34 Å². The van der Waals surface area contributed by atoms with Gasteiger partial charge in [-0.3, -0.25) is 0 Å². The third kappa shape index (κ3) is 2.65. The van der Waals surface area contributed by atoms with Crippen molar-refractivity contribution in [1.82, 2.24) is 10.2 Å². The maximum atomic E-state index is 6.26. The molecule has 0 bridgehead atoms. The number of halogens is 1. The minimum atomic E-state index is -0.170. The second-order valence-corrected chi connectivity index (χ2v) is 5.61. The number of hydrogen-bond acceptors (Lipinski definition) is 4. The van der Waals surface area contributed by atoms with Crippen LogP contribution < -0.4 is 5.73 Å². The van der Waals surface area contributed by atoms with E-state index in [1.807, 2.05) is 25.1 Å². The summed E-state index contributed by atoms with van der Waals surface area (Å²) < 4.78 is 0.757. The summed E-state index contributed by atoms with van der Waals surface area (Å²) in [4.78, 5) is 1.05. The number of nitrogens with two attached hydrogens (primary N) is 1. The summed E-state index contributed by atoms with van der Waals surface area (Å²) in [5, 5.41) is 8.26. The van der Waals surface area contributed by atoms with E-state index in [1.54, 1.807) is 0 Å². The molecule has 0 aliphatic rings. The number of aromatic nitrogens is 2. The summed E-state index contributed by atoms with van der Waals surface area (Å²) in [6, 6.07) is 5.67. The van der Waals surface area contributed by atoms with Crippen LogP contribution in [0.5, 0.6) is 0 Å². The molecular formula is C12H14ClN3S. The third-order valence-corrected chi connectivity index (χ3v) is 3.91. The summed E-state index contributed by atoms with van der Waals surface area (Å²) in [7, 11) is 0. The Morgan fingerprint density at radius 1 is 1.41 bits per heavy atom. The number of hydrogen-bond donors (Lipinski definition) is 1. The van der Waals surface area contributed by atoms with Crippen LogP contribution in [-0.4, -0.2) is 10.2 Å². The van der Waals surface area contributed by atoms with Crippen LogP contribution in [0.3, 0.4) is 0 Å². The lowest BCUT2D eigenvalue weighted by atomic mass is 10.0. The monoisotopic (exact) mass is 267 g/mol. The molecule has 2 N–H and O–H groups in total. The number of aryl methyl sites for hydroxylation is 2. The molecule has 3 nitrogen and oxygen atoms in total. The van der Waals surface area contributed by atoms with Crippen molar-refractivity contribution in [3.8, 4) is 0 Å². The van der Waals surface area contributed by atoms with Gasteiger partial charge < -0.3 is 5.73 Å². The molecule has 1 unspecified atom stereocenters. The van der Waals surface area contributed by atoms with Gasteiger partial charge in [0.15, 0.2) is 0 Å². The smallest absolute Gasteiger partial charge is 0.0931 e. The molecule has 90 valence electrons. The Morgan fingerprint density at radius 2 is 2.18 bits per heavy atom. The topological polar surface area (TPSA) is 51.8 Å². The molecular weight excluding hydrogens is 254 g/mol. The van der Waals surface area contributed by atoms with Gasteiger partial charge in [0.05, 0.1) is 21.8 Å². The molecule has 17 heavy (non-hydrogen) atoms. The molecule has 5 heteroatoms. The van der Waals surface area contributed by atoms with Crippen LogP contribution >= 0.6 is 22.9 Å². The lowest BCUT2D eigenvalue weighted by Crippen LogP contribution is -2.14. The Morgan fingerprint density at radius 3 is 2.76 bits per heavy atom. The zero-order valence-corrected chi connectivity index (χ0v) is 11.3. The highest BCUT2D eigenvalue weighted by molar-refractivity contribution is 7.16. The van der Waals surface area contributed by atoms with Crippen molar-refractivity contribution < 1.29 is 0 Å². The van der Waals surface area contributed by atoms with Crippen molar-refractivity contribution in [2.75, 3.05) is 0 Å². The van der Waals surface area contributed by atoms with Gasteiger partial charge in [0.2, 0.25) is 0 Å². The van der Waals surface area contributed by atoms with Crippen molar-refractivity contribution >= 4 is 22.9 Å². The highest BCUT2D eigenvalue weighted by Gasteiger charge is 2.16. The number of thiophene rings is 1.